The molecule has 0 unspecified atom stereocenters. The van der Waals surface area contributed by atoms with Crippen LogP contribution in [0.2, 0.25) is 0 Å². The first kappa shape index (κ1) is 20.0. The molecule has 2 aromatic carbocycles. The van der Waals surface area contributed by atoms with Crippen molar-refractivity contribution in [3.05, 3.63) is 59.2 Å². The van der Waals surface area contributed by atoms with Crippen LogP contribution in [-0.4, -0.2) is 32.2 Å². The monoisotopic (exact) mass is 392 g/mol. The molecular weight excluding hydrogens is 372 g/mol. The molecule has 2 amide bonds. The Hall–Kier alpha value is -2.32. The van der Waals surface area contributed by atoms with Gasteiger partial charge in [-0.25, -0.2) is 8.42 Å². The summed E-state index contributed by atoms with van der Waals surface area (Å²) in [4.78, 5) is 25.1. The number of amides is 2. The third-order valence-electron chi connectivity index (χ3n) is 3.59. The highest BCUT2D eigenvalue weighted by Crippen LogP contribution is 2.18. The summed E-state index contributed by atoms with van der Waals surface area (Å²) in [6.45, 7) is 3.67. The third kappa shape index (κ3) is 5.60. The van der Waals surface area contributed by atoms with Crippen LogP contribution in [0.1, 0.15) is 21.5 Å². The van der Waals surface area contributed by atoms with Crippen molar-refractivity contribution in [1.29, 1.82) is 0 Å². The Labute approximate surface area is 157 Å². The summed E-state index contributed by atoms with van der Waals surface area (Å²) in [5.41, 5.74) is 6.60. The molecule has 0 heterocycles. The average molecular weight is 393 g/mol. The molecule has 0 aliphatic carbocycles. The first-order chi connectivity index (χ1) is 12.2. The molecule has 8 heteroatoms. The van der Waals surface area contributed by atoms with Gasteiger partial charge in [-0.1, -0.05) is 23.8 Å². The zero-order valence-corrected chi connectivity index (χ0v) is 16.3. The van der Waals surface area contributed by atoms with Crippen LogP contribution in [0.15, 0.2) is 52.3 Å². The van der Waals surface area contributed by atoms with Crippen molar-refractivity contribution in [2.75, 3.05) is 12.0 Å². The molecule has 6 nitrogen and oxygen atoms in total. The number of sulfone groups is 1. The number of hydrogen-bond donors (Lipinski definition) is 2. The van der Waals surface area contributed by atoms with Crippen molar-refractivity contribution < 1.29 is 18.0 Å². The number of thioether (sulfide) groups is 1. The number of aryl methyl sites for hydroxylation is 2. The summed E-state index contributed by atoms with van der Waals surface area (Å²) in [6, 6.07) is 12.1. The molecule has 0 spiro atoms. The molecule has 0 atom stereocenters. The van der Waals surface area contributed by atoms with Crippen LogP contribution in [0.5, 0.6) is 0 Å². The fraction of sp³-hybridized carbons (Fsp3) is 0.222. The lowest BCUT2D eigenvalue weighted by Gasteiger charge is -2.10. The maximum absolute atomic E-state index is 12.2. The van der Waals surface area contributed by atoms with Crippen LogP contribution >= 0.6 is 11.8 Å². The number of carbonyl (C=O) groups is 2. The van der Waals surface area contributed by atoms with Crippen molar-refractivity contribution >= 4 is 33.4 Å². The van der Waals surface area contributed by atoms with Gasteiger partial charge in [0.05, 0.1) is 10.6 Å². The molecule has 0 aromatic heterocycles. The molecule has 0 bridgehead atoms. The summed E-state index contributed by atoms with van der Waals surface area (Å²) in [5, 5.41) is 0. The van der Waals surface area contributed by atoms with E-state index in [9.17, 15) is 18.0 Å². The minimum atomic E-state index is -3.42. The minimum Gasteiger partial charge on any atom is -0.272 e. The Morgan fingerprint density at radius 1 is 1.00 bits per heavy atom. The van der Waals surface area contributed by atoms with Gasteiger partial charge in [-0.3, -0.25) is 20.4 Å². The van der Waals surface area contributed by atoms with E-state index >= 15 is 0 Å². The number of nitrogens with one attached hydrogen (secondary N) is 2. The highest BCUT2D eigenvalue weighted by molar-refractivity contribution is 8.00. The highest BCUT2D eigenvalue weighted by Gasteiger charge is 2.15. The fourth-order valence-electron chi connectivity index (χ4n) is 2.09. The third-order valence-corrected chi connectivity index (χ3v) is 5.71. The summed E-state index contributed by atoms with van der Waals surface area (Å²) in [5.74, 6) is -0.784. The molecule has 2 N–H and O–H groups in total. The van der Waals surface area contributed by atoms with Crippen molar-refractivity contribution in [2.24, 2.45) is 0 Å². The zero-order valence-electron chi connectivity index (χ0n) is 14.7. The van der Waals surface area contributed by atoms with Gasteiger partial charge in [0, 0.05) is 16.7 Å². The number of hydrogen-bond acceptors (Lipinski definition) is 5. The van der Waals surface area contributed by atoms with Crippen molar-refractivity contribution in [1.82, 2.24) is 10.9 Å². The standard InChI is InChI=1S/C18H20N2O4S2/c1-12-4-7-14(8-5-12)25-11-17(21)19-20-18(22)16-10-15(26(3,23)24)9-6-13(16)2/h4-10H,11H2,1-3H3,(H,19,21)(H,20,22). The van der Waals surface area contributed by atoms with Crippen LogP contribution in [0.4, 0.5) is 0 Å². The van der Waals surface area contributed by atoms with Crippen LogP contribution < -0.4 is 10.9 Å². The van der Waals surface area contributed by atoms with Crippen LogP contribution in [0.25, 0.3) is 0 Å². The number of rotatable bonds is 5. The van der Waals surface area contributed by atoms with E-state index in [1.165, 1.54) is 23.9 Å². The van der Waals surface area contributed by atoms with Gasteiger partial charge < -0.3 is 0 Å². The Bertz CT molecular complexity index is 923. The lowest BCUT2D eigenvalue weighted by Crippen LogP contribution is -2.42. The van der Waals surface area contributed by atoms with E-state index in [1.54, 1.807) is 13.0 Å². The predicted octanol–water partition coefficient (Wildman–Crippen LogP) is 2.26. The van der Waals surface area contributed by atoms with Crippen molar-refractivity contribution in [3.63, 3.8) is 0 Å². The van der Waals surface area contributed by atoms with E-state index in [-0.39, 0.29) is 22.1 Å². The smallest absolute Gasteiger partial charge is 0.269 e. The largest absolute Gasteiger partial charge is 0.272 e. The molecule has 0 saturated heterocycles. The Balaban J connectivity index is 1.93. The van der Waals surface area contributed by atoms with Gasteiger partial charge in [-0.15, -0.1) is 11.8 Å². The predicted molar refractivity (Wildman–Crippen MR) is 102 cm³/mol. The Morgan fingerprint density at radius 2 is 1.65 bits per heavy atom. The molecule has 0 aliphatic rings. The van der Waals surface area contributed by atoms with E-state index in [2.05, 4.69) is 10.9 Å². The maximum atomic E-state index is 12.2. The summed E-state index contributed by atoms with van der Waals surface area (Å²) in [7, 11) is -3.42. The van der Waals surface area contributed by atoms with Gasteiger partial charge >= 0.3 is 0 Å². The van der Waals surface area contributed by atoms with Gasteiger partial charge in [-0.05, 0) is 43.7 Å². The second-order valence-electron chi connectivity index (χ2n) is 5.85. The van der Waals surface area contributed by atoms with E-state index in [0.29, 0.717) is 5.56 Å². The maximum Gasteiger partial charge on any atom is 0.269 e. The minimum absolute atomic E-state index is 0.0505. The molecule has 26 heavy (non-hydrogen) atoms. The van der Waals surface area contributed by atoms with Crippen LogP contribution in [0, 0.1) is 13.8 Å². The SMILES string of the molecule is Cc1ccc(SCC(=O)NNC(=O)c2cc(S(C)(=O)=O)ccc2C)cc1. The molecule has 138 valence electrons. The Morgan fingerprint density at radius 3 is 2.27 bits per heavy atom. The van der Waals surface area contributed by atoms with Crippen molar-refractivity contribution in [2.45, 2.75) is 23.6 Å². The number of hydrazine groups is 1. The van der Waals surface area contributed by atoms with Gasteiger partial charge in [0.2, 0.25) is 5.91 Å². The summed E-state index contributed by atoms with van der Waals surface area (Å²) >= 11 is 1.35. The first-order valence-corrected chi connectivity index (χ1v) is 10.6. The van der Waals surface area contributed by atoms with Gasteiger partial charge in [-0.2, -0.15) is 0 Å². The number of benzene rings is 2. The van der Waals surface area contributed by atoms with E-state index < -0.39 is 15.7 Å². The van der Waals surface area contributed by atoms with E-state index in [0.717, 1.165) is 16.7 Å². The molecular formula is C18H20N2O4S2. The van der Waals surface area contributed by atoms with E-state index in [4.69, 9.17) is 0 Å². The quantitative estimate of drug-likeness (QED) is 0.601. The van der Waals surface area contributed by atoms with Crippen LogP contribution in [-0.2, 0) is 14.6 Å². The van der Waals surface area contributed by atoms with Gasteiger partial charge in [0.15, 0.2) is 9.84 Å². The zero-order chi connectivity index (χ0) is 19.3. The van der Waals surface area contributed by atoms with Gasteiger partial charge in [0.25, 0.3) is 5.91 Å². The van der Waals surface area contributed by atoms with Crippen molar-refractivity contribution in [3.8, 4) is 0 Å². The fourth-order valence-corrected chi connectivity index (χ4v) is 3.44. The Kier molecular flexibility index (Phi) is 6.44. The lowest BCUT2D eigenvalue weighted by molar-refractivity contribution is -0.119. The van der Waals surface area contributed by atoms with Gasteiger partial charge in [0.1, 0.15) is 0 Å². The second-order valence-corrected chi connectivity index (χ2v) is 8.92. The molecule has 0 saturated carbocycles. The summed E-state index contributed by atoms with van der Waals surface area (Å²) in [6.07, 6.45) is 1.07. The second kappa shape index (κ2) is 8.37. The number of carbonyl (C=O) groups excluding carboxylic acids is 2. The first-order valence-electron chi connectivity index (χ1n) is 7.76. The lowest BCUT2D eigenvalue weighted by atomic mass is 10.1. The molecule has 0 aliphatic heterocycles. The normalized spacial score (nSPS) is 11.0. The molecule has 0 radical (unpaired) electrons. The average Bonchev–Trinajstić information content (AvgIpc) is 2.58. The molecule has 2 rings (SSSR count). The topological polar surface area (TPSA) is 92.3 Å². The summed E-state index contributed by atoms with van der Waals surface area (Å²) < 4.78 is 23.2. The highest BCUT2D eigenvalue weighted by atomic mass is 32.2. The molecule has 2 aromatic rings. The van der Waals surface area contributed by atoms with E-state index in [1.807, 2.05) is 31.2 Å². The molecule has 0 fully saturated rings. The van der Waals surface area contributed by atoms with Crippen LogP contribution in [0.3, 0.4) is 0 Å².